The van der Waals surface area contributed by atoms with Crippen molar-refractivity contribution in [2.45, 2.75) is 12.8 Å². The molecule has 1 aliphatic heterocycles. The van der Waals surface area contributed by atoms with Crippen LogP contribution in [0.1, 0.15) is 18.4 Å². The molecule has 1 aromatic carbocycles. The molecule has 0 spiro atoms. The highest BCUT2D eigenvalue weighted by Gasteiger charge is 2.10. The van der Waals surface area contributed by atoms with Gasteiger partial charge in [0.15, 0.2) is 6.21 Å². The highest BCUT2D eigenvalue weighted by atomic mass is 35.5. The van der Waals surface area contributed by atoms with Crippen LogP contribution < -0.4 is 0 Å². The Labute approximate surface area is 106 Å². The lowest BCUT2D eigenvalue weighted by Crippen LogP contribution is -2.05. The Bertz CT molecular complexity index is 410. The second-order valence-corrected chi connectivity index (χ2v) is 4.76. The Morgan fingerprint density at radius 2 is 1.75 bits per heavy atom. The first-order chi connectivity index (χ1) is 7.75. The minimum Gasteiger partial charge on any atom is -0.236 e. The van der Waals surface area contributed by atoms with Gasteiger partial charge in [0.2, 0.25) is 0 Å². The quantitative estimate of drug-likeness (QED) is 0.707. The molecule has 0 atom stereocenters. The molecule has 0 amide bonds. The first-order valence-corrected chi connectivity index (χ1v) is 6.22. The van der Waals surface area contributed by atoms with E-state index in [1.807, 2.05) is 30.3 Å². The Morgan fingerprint density at radius 3 is 2.38 bits per heavy atom. The lowest BCUT2D eigenvalue weighted by molar-refractivity contribution is -0.500. The molecule has 1 saturated heterocycles. The summed E-state index contributed by atoms with van der Waals surface area (Å²) in [4.78, 5) is 0. The molecule has 0 bridgehead atoms. The summed E-state index contributed by atoms with van der Waals surface area (Å²) in [5.74, 6) is 0. The van der Waals surface area contributed by atoms with Gasteiger partial charge in [-0.1, -0.05) is 35.3 Å². The van der Waals surface area contributed by atoms with Crippen LogP contribution in [-0.4, -0.2) is 23.9 Å². The molecule has 2 rings (SSSR count). The maximum Gasteiger partial charge on any atom is 0.164 e. The lowest BCUT2D eigenvalue weighted by atomic mass is 10.2. The highest BCUT2D eigenvalue weighted by Crippen LogP contribution is 2.20. The van der Waals surface area contributed by atoms with E-state index in [1.54, 1.807) is 0 Å². The minimum absolute atomic E-state index is 0.733. The third-order valence-electron chi connectivity index (χ3n) is 2.69. The summed E-state index contributed by atoms with van der Waals surface area (Å²) in [5, 5.41) is 1.49. The summed E-state index contributed by atoms with van der Waals surface area (Å²) in [7, 11) is 0. The van der Waals surface area contributed by atoms with Crippen molar-refractivity contribution in [3.8, 4) is 0 Å². The van der Waals surface area contributed by atoms with Gasteiger partial charge in [0.25, 0.3) is 0 Å². The van der Waals surface area contributed by atoms with E-state index < -0.39 is 0 Å². The summed E-state index contributed by atoms with van der Waals surface area (Å²) in [6.07, 6.45) is 6.59. The van der Waals surface area contributed by atoms with Crippen LogP contribution in [0.3, 0.4) is 0 Å². The zero-order valence-corrected chi connectivity index (χ0v) is 10.5. The molecular formula is C13H14Cl2N+. The van der Waals surface area contributed by atoms with Crippen LogP contribution in [0.2, 0.25) is 5.02 Å². The molecule has 1 aliphatic rings. The minimum atomic E-state index is 0.733. The molecule has 1 aromatic rings. The van der Waals surface area contributed by atoms with Crippen LogP contribution >= 0.6 is 23.2 Å². The zero-order valence-electron chi connectivity index (χ0n) is 9.00. The number of halogens is 2. The monoisotopic (exact) mass is 254 g/mol. The molecular weight excluding hydrogens is 241 g/mol. The van der Waals surface area contributed by atoms with E-state index in [9.17, 15) is 0 Å². The molecule has 16 heavy (non-hydrogen) atoms. The van der Waals surface area contributed by atoms with E-state index in [1.165, 1.54) is 12.8 Å². The van der Waals surface area contributed by atoms with Crippen molar-refractivity contribution in [3.63, 3.8) is 0 Å². The maximum atomic E-state index is 6.20. The number of nitrogens with zero attached hydrogens (tertiary/aromatic N) is 1. The summed E-state index contributed by atoms with van der Waals surface area (Å²) >= 11 is 12.0. The Kier molecular flexibility index (Phi) is 4.03. The largest absolute Gasteiger partial charge is 0.236 e. The van der Waals surface area contributed by atoms with Crippen molar-refractivity contribution < 1.29 is 4.58 Å². The summed E-state index contributed by atoms with van der Waals surface area (Å²) in [6.45, 7) is 2.28. The van der Waals surface area contributed by atoms with Crippen molar-refractivity contribution in [2.24, 2.45) is 0 Å². The van der Waals surface area contributed by atoms with Crippen molar-refractivity contribution in [2.75, 3.05) is 13.1 Å². The van der Waals surface area contributed by atoms with Gasteiger partial charge in [0.05, 0.1) is 5.03 Å². The molecule has 1 fully saturated rings. The van der Waals surface area contributed by atoms with Gasteiger partial charge in [-0.25, -0.2) is 4.58 Å². The Hall–Kier alpha value is -0.790. The summed E-state index contributed by atoms with van der Waals surface area (Å²) in [6, 6.07) is 7.56. The molecule has 0 radical (unpaired) electrons. The van der Waals surface area contributed by atoms with E-state index >= 15 is 0 Å². The standard InChI is InChI=1S/C13H14Cl2N/c14-12-5-3-11(4-6-12)13(15)7-10-16-8-1-2-9-16/h3-7,10H,1-2,8-9H2/q+1. The van der Waals surface area contributed by atoms with Crippen LogP contribution in [0.4, 0.5) is 0 Å². The normalized spacial score (nSPS) is 16.6. The van der Waals surface area contributed by atoms with Crippen LogP contribution in [0, 0.1) is 0 Å². The fourth-order valence-corrected chi connectivity index (χ4v) is 2.08. The summed E-state index contributed by atoms with van der Waals surface area (Å²) in [5.41, 5.74) is 1.00. The van der Waals surface area contributed by atoms with Gasteiger partial charge in [0, 0.05) is 23.9 Å². The third kappa shape index (κ3) is 3.10. The van der Waals surface area contributed by atoms with Gasteiger partial charge in [0.1, 0.15) is 13.1 Å². The number of benzene rings is 1. The zero-order chi connectivity index (χ0) is 11.4. The molecule has 84 valence electrons. The van der Waals surface area contributed by atoms with E-state index in [0.717, 1.165) is 28.7 Å². The maximum absolute atomic E-state index is 6.20. The van der Waals surface area contributed by atoms with E-state index in [0.29, 0.717) is 0 Å². The average molecular weight is 255 g/mol. The summed E-state index contributed by atoms with van der Waals surface area (Å²) < 4.78 is 2.29. The van der Waals surface area contributed by atoms with Crippen molar-refractivity contribution in [3.05, 3.63) is 40.9 Å². The van der Waals surface area contributed by atoms with E-state index in [2.05, 4.69) is 10.8 Å². The van der Waals surface area contributed by atoms with Gasteiger partial charge in [-0.3, -0.25) is 0 Å². The van der Waals surface area contributed by atoms with Gasteiger partial charge in [-0.05, 0) is 17.7 Å². The van der Waals surface area contributed by atoms with Crippen LogP contribution in [0.5, 0.6) is 0 Å². The molecule has 0 aliphatic carbocycles. The fraction of sp³-hybridized carbons (Fsp3) is 0.308. The van der Waals surface area contributed by atoms with E-state index in [-0.39, 0.29) is 0 Å². The smallest absolute Gasteiger partial charge is 0.164 e. The molecule has 3 heteroatoms. The Morgan fingerprint density at radius 1 is 1.12 bits per heavy atom. The first kappa shape index (κ1) is 11.7. The van der Waals surface area contributed by atoms with Crippen molar-refractivity contribution in [1.29, 1.82) is 0 Å². The number of allylic oxidation sites excluding steroid dienone is 1. The fourth-order valence-electron chi connectivity index (χ4n) is 1.77. The average Bonchev–Trinajstić information content (AvgIpc) is 2.80. The molecule has 0 unspecified atom stereocenters. The lowest BCUT2D eigenvalue weighted by Gasteiger charge is -1.97. The molecule has 1 heterocycles. The van der Waals surface area contributed by atoms with Crippen LogP contribution in [0.15, 0.2) is 30.3 Å². The van der Waals surface area contributed by atoms with Crippen LogP contribution in [0.25, 0.3) is 5.03 Å². The van der Waals surface area contributed by atoms with Gasteiger partial charge in [-0.15, -0.1) is 0 Å². The number of hydrogen-bond acceptors (Lipinski definition) is 0. The first-order valence-electron chi connectivity index (χ1n) is 5.46. The Balaban J connectivity index is 2.11. The molecule has 1 nitrogen and oxygen atoms in total. The molecule has 0 N–H and O–H groups in total. The van der Waals surface area contributed by atoms with Gasteiger partial charge in [-0.2, -0.15) is 0 Å². The van der Waals surface area contributed by atoms with Crippen molar-refractivity contribution >= 4 is 34.4 Å². The number of rotatable bonds is 2. The molecule has 0 saturated carbocycles. The highest BCUT2D eigenvalue weighted by molar-refractivity contribution is 6.49. The SMILES string of the molecule is ClC(=CC=[N+]1CCCC1)c1ccc(Cl)cc1. The predicted molar refractivity (Wildman–Crippen MR) is 70.6 cm³/mol. The van der Waals surface area contributed by atoms with Crippen LogP contribution in [-0.2, 0) is 0 Å². The second-order valence-electron chi connectivity index (χ2n) is 3.91. The van der Waals surface area contributed by atoms with Gasteiger partial charge < -0.3 is 0 Å². The third-order valence-corrected chi connectivity index (χ3v) is 3.29. The van der Waals surface area contributed by atoms with E-state index in [4.69, 9.17) is 23.2 Å². The number of hydrogen-bond donors (Lipinski definition) is 0. The molecule has 0 aromatic heterocycles. The topological polar surface area (TPSA) is 3.01 Å². The van der Waals surface area contributed by atoms with Gasteiger partial charge >= 0.3 is 0 Å². The second kappa shape index (κ2) is 5.51. The van der Waals surface area contributed by atoms with Crippen molar-refractivity contribution in [1.82, 2.24) is 0 Å². The predicted octanol–water partition coefficient (Wildman–Crippen LogP) is 3.80.